The number of carbonyl (C=O) groups excluding carboxylic acids is 1. The lowest BCUT2D eigenvalue weighted by atomic mass is 9.97. The van der Waals surface area contributed by atoms with Crippen LogP contribution in [0.3, 0.4) is 0 Å². The van der Waals surface area contributed by atoms with Crippen molar-refractivity contribution in [3.63, 3.8) is 0 Å². The summed E-state index contributed by atoms with van der Waals surface area (Å²) in [6, 6.07) is -0.832. The molecule has 14 heteroatoms. The maximum atomic E-state index is 13.3. The Kier molecular flexibility index (Phi) is 46.5. The molecular formula is C64H121NO13. The van der Waals surface area contributed by atoms with E-state index in [4.69, 9.17) is 18.9 Å². The Morgan fingerprint density at radius 1 is 0.462 bits per heavy atom. The van der Waals surface area contributed by atoms with E-state index >= 15 is 0 Å². The van der Waals surface area contributed by atoms with Gasteiger partial charge in [0.1, 0.15) is 48.8 Å². The van der Waals surface area contributed by atoms with E-state index in [2.05, 4.69) is 43.5 Å². The van der Waals surface area contributed by atoms with Gasteiger partial charge in [0.05, 0.1) is 32.0 Å². The van der Waals surface area contributed by atoms with Crippen LogP contribution in [-0.2, 0) is 23.7 Å². The van der Waals surface area contributed by atoms with Crippen LogP contribution in [0, 0.1) is 0 Å². The molecule has 2 fully saturated rings. The minimum atomic E-state index is -1.78. The van der Waals surface area contributed by atoms with Gasteiger partial charge in [0.25, 0.3) is 0 Å². The number of aliphatic hydroxyl groups excluding tert-OH is 8. The Labute approximate surface area is 475 Å². The molecule has 2 saturated heterocycles. The molecule has 2 heterocycles. The van der Waals surface area contributed by atoms with Crippen LogP contribution in [0.5, 0.6) is 0 Å². The van der Waals surface area contributed by atoms with Crippen LogP contribution in [0.1, 0.15) is 284 Å². The highest BCUT2D eigenvalue weighted by Gasteiger charge is 2.51. The molecule has 0 bridgehead atoms. The SMILES string of the molecule is CCCCC/C=C\C/C=C\CCCCCCCCCC(=O)NC(COC1OC(CO)C(OC2OC(CO)C(O)C(O)C2O)C(O)C1O)C(O)CCCCCCCCCCCCCCCCCCCCCCCCCCCCC. The van der Waals surface area contributed by atoms with E-state index in [9.17, 15) is 45.6 Å². The van der Waals surface area contributed by atoms with Gasteiger partial charge in [0.15, 0.2) is 12.6 Å². The van der Waals surface area contributed by atoms with E-state index in [-0.39, 0.29) is 12.5 Å². The number of unbranched alkanes of at least 4 members (excludes halogenated alkanes) is 36. The van der Waals surface area contributed by atoms with Crippen molar-refractivity contribution < 1.29 is 64.6 Å². The fourth-order valence-electron chi connectivity index (χ4n) is 10.9. The summed E-state index contributed by atoms with van der Waals surface area (Å²) in [4.78, 5) is 13.3. The molecule has 0 aromatic heterocycles. The number of hydrogen-bond donors (Lipinski definition) is 9. The third-order valence-corrected chi connectivity index (χ3v) is 16.2. The topological polar surface area (TPSA) is 228 Å². The predicted molar refractivity (Wildman–Crippen MR) is 314 cm³/mol. The lowest BCUT2D eigenvalue weighted by Gasteiger charge is -2.46. The van der Waals surface area contributed by atoms with Gasteiger partial charge < -0.3 is 65.1 Å². The molecule has 14 nitrogen and oxygen atoms in total. The van der Waals surface area contributed by atoms with Gasteiger partial charge in [-0.05, 0) is 44.9 Å². The van der Waals surface area contributed by atoms with Gasteiger partial charge >= 0.3 is 0 Å². The first-order chi connectivity index (χ1) is 38.1. The molecule has 460 valence electrons. The number of hydrogen-bond acceptors (Lipinski definition) is 13. The number of allylic oxidation sites excluding steroid dienone is 4. The molecule has 2 aliphatic rings. The number of nitrogens with one attached hydrogen (secondary N) is 1. The lowest BCUT2D eigenvalue weighted by Crippen LogP contribution is -2.65. The molecule has 1 amide bonds. The predicted octanol–water partition coefficient (Wildman–Crippen LogP) is 12.0. The molecule has 9 N–H and O–H groups in total. The number of rotatable bonds is 53. The Morgan fingerprint density at radius 3 is 1.31 bits per heavy atom. The highest BCUT2D eigenvalue weighted by Crippen LogP contribution is 2.30. The van der Waals surface area contributed by atoms with E-state index in [1.807, 2.05) is 0 Å². The molecule has 0 spiro atoms. The quantitative estimate of drug-likeness (QED) is 0.0204. The second-order valence-corrected chi connectivity index (χ2v) is 23.2. The van der Waals surface area contributed by atoms with Crippen molar-refractivity contribution in [2.24, 2.45) is 0 Å². The number of carbonyl (C=O) groups is 1. The minimum Gasteiger partial charge on any atom is -0.394 e. The summed E-state index contributed by atoms with van der Waals surface area (Å²) >= 11 is 0. The van der Waals surface area contributed by atoms with Gasteiger partial charge in [0.2, 0.25) is 5.91 Å². The summed E-state index contributed by atoms with van der Waals surface area (Å²) in [5.41, 5.74) is 0. The monoisotopic (exact) mass is 1110 g/mol. The van der Waals surface area contributed by atoms with Gasteiger partial charge in [0, 0.05) is 6.42 Å². The molecule has 2 aliphatic heterocycles. The van der Waals surface area contributed by atoms with Crippen LogP contribution in [-0.4, -0.2) is 140 Å². The Bertz CT molecular complexity index is 1400. The molecular weight excluding hydrogens is 991 g/mol. The van der Waals surface area contributed by atoms with Crippen molar-refractivity contribution in [1.82, 2.24) is 5.32 Å². The number of amides is 1. The molecule has 12 unspecified atom stereocenters. The van der Waals surface area contributed by atoms with Crippen molar-refractivity contribution in [2.75, 3.05) is 19.8 Å². The van der Waals surface area contributed by atoms with Crippen LogP contribution in [0.15, 0.2) is 24.3 Å². The van der Waals surface area contributed by atoms with Crippen LogP contribution >= 0.6 is 0 Å². The standard InChI is InChI=1S/C64H121NO13/c1-3-5-7-9-11-13-15-17-19-21-22-23-24-25-26-27-28-29-30-32-33-35-37-39-41-43-45-47-53(68)52(65-56(69)48-46-44-42-40-38-36-34-31-20-18-16-14-12-10-8-6-4-2)51-75-63-61(74)59(72)62(55(50-67)77-63)78-64-60(73)58(71)57(70)54(49-66)76-64/h12,14,18,20,52-55,57-64,66-68,70-74H,3-11,13,15-17,19,21-51H2,1-2H3,(H,65,69)/b14-12-,20-18-. The van der Waals surface area contributed by atoms with E-state index in [0.29, 0.717) is 19.3 Å². The molecule has 0 saturated carbocycles. The van der Waals surface area contributed by atoms with Crippen molar-refractivity contribution in [3.05, 3.63) is 24.3 Å². The highest BCUT2D eigenvalue weighted by atomic mass is 16.7. The van der Waals surface area contributed by atoms with Crippen LogP contribution in [0.25, 0.3) is 0 Å². The second-order valence-electron chi connectivity index (χ2n) is 23.2. The number of ether oxygens (including phenoxy) is 4. The van der Waals surface area contributed by atoms with E-state index in [1.165, 1.54) is 193 Å². The Morgan fingerprint density at radius 2 is 0.846 bits per heavy atom. The van der Waals surface area contributed by atoms with E-state index < -0.39 is 86.8 Å². The summed E-state index contributed by atoms with van der Waals surface area (Å²) in [5, 5.41) is 87.4. The first-order valence-corrected chi connectivity index (χ1v) is 32.6. The zero-order valence-corrected chi connectivity index (χ0v) is 49.7. The first-order valence-electron chi connectivity index (χ1n) is 32.6. The zero-order valence-electron chi connectivity index (χ0n) is 49.7. The lowest BCUT2D eigenvalue weighted by molar-refractivity contribution is -0.359. The fourth-order valence-corrected chi connectivity index (χ4v) is 10.9. The third-order valence-electron chi connectivity index (χ3n) is 16.2. The summed E-state index contributed by atoms with van der Waals surface area (Å²) < 4.78 is 22.9. The molecule has 0 aliphatic carbocycles. The normalized spacial score (nSPS) is 24.6. The summed E-state index contributed by atoms with van der Waals surface area (Å²) in [5.74, 6) is -0.211. The average Bonchev–Trinajstić information content (AvgIpc) is 3.48. The third kappa shape index (κ3) is 34.8. The van der Waals surface area contributed by atoms with Crippen molar-refractivity contribution in [1.29, 1.82) is 0 Å². The van der Waals surface area contributed by atoms with Crippen LogP contribution in [0.4, 0.5) is 0 Å². The smallest absolute Gasteiger partial charge is 0.220 e. The van der Waals surface area contributed by atoms with Gasteiger partial charge in [-0.2, -0.15) is 0 Å². The van der Waals surface area contributed by atoms with Crippen molar-refractivity contribution >= 4 is 5.91 Å². The maximum absolute atomic E-state index is 13.3. The molecule has 2 rings (SSSR count). The van der Waals surface area contributed by atoms with Crippen molar-refractivity contribution in [3.8, 4) is 0 Å². The number of aliphatic hydroxyl groups is 8. The van der Waals surface area contributed by atoms with Crippen molar-refractivity contribution in [2.45, 2.75) is 357 Å². The molecule has 78 heavy (non-hydrogen) atoms. The van der Waals surface area contributed by atoms with Gasteiger partial charge in [-0.3, -0.25) is 4.79 Å². The van der Waals surface area contributed by atoms with Gasteiger partial charge in [-0.15, -0.1) is 0 Å². The van der Waals surface area contributed by atoms with Crippen LogP contribution in [0.2, 0.25) is 0 Å². The second kappa shape index (κ2) is 50.0. The average molecular weight is 1110 g/mol. The molecule has 12 atom stereocenters. The Balaban J connectivity index is 1.69. The molecule has 0 radical (unpaired) electrons. The first kappa shape index (κ1) is 72.6. The summed E-state index contributed by atoms with van der Waals surface area (Å²) in [7, 11) is 0. The largest absolute Gasteiger partial charge is 0.394 e. The highest BCUT2D eigenvalue weighted by molar-refractivity contribution is 5.76. The molecule has 0 aromatic carbocycles. The zero-order chi connectivity index (χ0) is 56.7. The van der Waals surface area contributed by atoms with E-state index in [1.54, 1.807) is 0 Å². The van der Waals surface area contributed by atoms with E-state index in [0.717, 1.165) is 57.8 Å². The van der Waals surface area contributed by atoms with Crippen LogP contribution < -0.4 is 5.32 Å². The Hall–Kier alpha value is -1.53. The summed E-state index contributed by atoms with van der Waals surface area (Å²) in [6.45, 7) is 2.86. The maximum Gasteiger partial charge on any atom is 0.220 e. The minimum absolute atomic E-state index is 0.211. The fraction of sp³-hybridized carbons (Fsp3) is 0.922. The molecule has 0 aromatic rings. The van der Waals surface area contributed by atoms with Gasteiger partial charge in [-0.25, -0.2) is 0 Å². The summed E-state index contributed by atoms with van der Waals surface area (Å²) in [6.07, 6.45) is 43.3. The van der Waals surface area contributed by atoms with Gasteiger partial charge in [-0.1, -0.05) is 256 Å².